The molecule has 1 amide bonds. The van der Waals surface area contributed by atoms with E-state index in [4.69, 9.17) is 4.74 Å². The van der Waals surface area contributed by atoms with Crippen LogP contribution >= 0.6 is 0 Å². The van der Waals surface area contributed by atoms with Gasteiger partial charge in [0.2, 0.25) is 0 Å². The first kappa shape index (κ1) is 31.0. The van der Waals surface area contributed by atoms with Crippen molar-refractivity contribution >= 4 is 32.5 Å². The summed E-state index contributed by atoms with van der Waals surface area (Å²) >= 11 is -2.32. The molecule has 0 aromatic heterocycles. The van der Waals surface area contributed by atoms with Crippen LogP contribution in [0.25, 0.3) is 0 Å². The van der Waals surface area contributed by atoms with Crippen molar-refractivity contribution < 1.29 is 9.53 Å². The number of unbranched alkanes of at least 4 members (excludes halogenated alkanes) is 3. The fourth-order valence-corrected chi connectivity index (χ4v) is 23.5. The van der Waals surface area contributed by atoms with E-state index >= 15 is 0 Å². The molecule has 0 fully saturated rings. The van der Waals surface area contributed by atoms with Crippen LogP contribution in [0.2, 0.25) is 43.4 Å². The number of allylic oxidation sites excluding steroid dienone is 1. The predicted octanol–water partition coefficient (Wildman–Crippen LogP) is 9.31. The first-order chi connectivity index (χ1) is 14.4. The summed E-state index contributed by atoms with van der Waals surface area (Å²) in [6.45, 7) is 22.6. The van der Waals surface area contributed by atoms with Crippen molar-refractivity contribution in [3.8, 4) is 0 Å². The molecule has 0 aromatic rings. The van der Waals surface area contributed by atoms with Crippen LogP contribution in [0.4, 0.5) is 4.79 Å². The SMILES string of the molecule is CCC[CH2][Sn]([CH2]CCC)([CH2]CCC)[CH2]/C(=C\OC(=O)N(C(C)C)C(C)C)C[Si](C)(C)C. The van der Waals surface area contributed by atoms with Gasteiger partial charge in [-0.25, -0.2) is 0 Å². The molecule has 0 bridgehead atoms. The van der Waals surface area contributed by atoms with E-state index in [-0.39, 0.29) is 18.2 Å². The van der Waals surface area contributed by atoms with Gasteiger partial charge in [-0.05, 0) is 0 Å². The van der Waals surface area contributed by atoms with Gasteiger partial charge in [0.05, 0.1) is 0 Å². The Labute approximate surface area is 200 Å². The zero-order chi connectivity index (χ0) is 24.1. The first-order valence-corrected chi connectivity index (χ1v) is 24.9. The summed E-state index contributed by atoms with van der Waals surface area (Å²) in [7, 11) is -1.30. The molecule has 0 aliphatic heterocycles. The standard InChI is InChI=1S/C14H28NO2Si.3C4H9.Sn/c1-11(2)15(12(3)4)14(16)17-9-13(5)10-18(6,7)8;3*1-3-4-2;/h9,11-12H,5,10H2,1-4,6-8H3;3*1,3-4H2,2H3;/b13-9+;;;;. The molecular formula is C26H55NO2SiSn. The molecule has 0 aromatic carbocycles. The van der Waals surface area contributed by atoms with Crippen LogP contribution in [0.5, 0.6) is 0 Å². The zero-order valence-corrected chi connectivity index (χ0v) is 26.6. The van der Waals surface area contributed by atoms with E-state index in [1.54, 1.807) is 0 Å². The van der Waals surface area contributed by atoms with E-state index in [1.807, 2.05) is 11.2 Å². The fraction of sp³-hybridized carbons (Fsp3) is 0.885. The Kier molecular flexibility index (Phi) is 15.8. The number of hydrogen-bond donors (Lipinski definition) is 0. The van der Waals surface area contributed by atoms with E-state index in [9.17, 15) is 4.79 Å². The van der Waals surface area contributed by atoms with E-state index < -0.39 is 26.5 Å². The van der Waals surface area contributed by atoms with Crippen molar-refractivity contribution in [2.75, 3.05) is 0 Å². The third-order valence-corrected chi connectivity index (χ3v) is 23.3. The summed E-state index contributed by atoms with van der Waals surface area (Å²) in [5.41, 5.74) is 1.46. The number of ether oxygens (including phenoxy) is 1. The molecule has 0 rings (SSSR count). The van der Waals surface area contributed by atoms with E-state index in [0.717, 1.165) is 6.04 Å². The Balaban J connectivity index is 5.84. The van der Waals surface area contributed by atoms with Crippen LogP contribution in [-0.2, 0) is 4.74 Å². The van der Waals surface area contributed by atoms with Crippen molar-refractivity contribution in [3.63, 3.8) is 0 Å². The molecule has 0 saturated heterocycles. The summed E-state index contributed by atoms with van der Waals surface area (Å²) in [6.07, 6.45) is 9.79. The number of nitrogens with zero attached hydrogens (tertiary/aromatic N) is 1. The molecular weight excluding hydrogens is 505 g/mol. The van der Waals surface area contributed by atoms with Gasteiger partial charge >= 0.3 is 201 Å². The summed E-state index contributed by atoms with van der Waals surface area (Å²) in [5.74, 6) is 0. The molecule has 0 aliphatic rings. The molecule has 0 aliphatic carbocycles. The van der Waals surface area contributed by atoms with Crippen LogP contribution < -0.4 is 0 Å². The molecule has 0 unspecified atom stereocenters. The first-order valence-electron chi connectivity index (χ1n) is 13.1. The Bertz CT molecular complexity index is 496. The second-order valence-electron chi connectivity index (χ2n) is 11.5. The molecule has 31 heavy (non-hydrogen) atoms. The third kappa shape index (κ3) is 13.4. The number of amides is 1. The maximum atomic E-state index is 12.9. The molecule has 5 heteroatoms. The van der Waals surface area contributed by atoms with Crippen LogP contribution in [-0.4, -0.2) is 49.5 Å². The van der Waals surface area contributed by atoms with Crippen LogP contribution in [0, 0.1) is 0 Å². The van der Waals surface area contributed by atoms with Crippen molar-refractivity contribution in [3.05, 3.63) is 11.8 Å². The fourth-order valence-electron chi connectivity index (χ4n) is 4.82. The van der Waals surface area contributed by atoms with Crippen molar-refractivity contribution in [1.29, 1.82) is 0 Å². The van der Waals surface area contributed by atoms with Gasteiger partial charge < -0.3 is 0 Å². The zero-order valence-electron chi connectivity index (χ0n) is 22.8. The van der Waals surface area contributed by atoms with E-state index in [1.165, 1.54) is 61.8 Å². The topological polar surface area (TPSA) is 29.5 Å². The van der Waals surface area contributed by atoms with Gasteiger partial charge in [0, 0.05) is 0 Å². The van der Waals surface area contributed by atoms with Gasteiger partial charge in [-0.3, -0.25) is 0 Å². The molecule has 0 spiro atoms. The van der Waals surface area contributed by atoms with Crippen LogP contribution in [0.3, 0.4) is 0 Å². The average Bonchev–Trinajstić information content (AvgIpc) is 2.65. The minimum atomic E-state index is -2.32. The Hall–Kier alpha value is 0.0256. The van der Waals surface area contributed by atoms with E-state index in [2.05, 4.69) is 68.1 Å². The van der Waals surface area contributed by atoms with Crippen molar-refractivity contribution in [2.45, 2.75) is 143 Å². The van der Waals surface area contributed by atoms with Gasteiger partial charge in [0.15, 0.2) is 0 Å². The Morgan fingerprint density at radius 3 is 1.61 bits per heavy atom. The Morgan fingerprint density at radius 2 is 1.29 bits per heavy atom. The normalized spacial score (nSPS) is 13.2. The van der Waals surface area contributed by atoms with Gasteiger partial charge in [-0.2, -0.15) is 0 Å². The second kappa shape index (κ2) is 15.8. The molecule has 0 N–H and O–H groups in total. The van der Waals surface area contributed by atoms with Gasteiger partial charge in [0.1, 0.15) is 0 Å². The number of carbonyl (C=O) groups excluding carboxylic acids is 1. The molecule has 0 atom stereocenters. The molecule has 0 saturated carbocycles. The summed E-state index contributed by atoms with van der Waals surface area (Å²) in [4.78, 5) is 14.7. The number of hydrogen-bond acceptors (Lipinski definition) is 2. The number of carbonyl (C=O) groups is 1. The number of rotatable bonds is 16. The van der Waals surface area contributed by atoms with Crippen LogP contribution in [0.15, 0.2) is 11.8 Å². The summed E-state index contributed by atoms with van der Waals surface area (Å²) < 4.78 is 11.7. The molecule has 0 radical (unpaired) electrons. The Morgan fingerprint density at radius 1 is 0.871 bits per heavy atom. The molecule has 184 valence electrons. The quantitative estimate of drug-likeness (QED) is 0.139. The predicted molar refractivity (Wildman–Crippen MR) is 145 cm³/mol. The van der Waals surface area contributed by atoms with Gasteiger partial charge in [0.25, 0.3) is 0 Å². The van der Waals surface area contributed by atoms with Crippen molar-refractivity contribution in [2.24, 2.45) is 0 Å². The second-order valence-corrected chi connectivity index (χ2v) is 30.8. The van der Waals surface area contributed by atoms with Crippen molar-refractivity contribution in [1.82, 2.24) is 4.90 Å². The summed E-state index contributed by atoms with van der Waals surface area (Å²) in [6, 6.07) is 1.46. The van der Waals surface area contributed by atoms with Gasteiger partial charge in [-0.15, -0.1) is 0 Å². The molecule has 3 nitrogen and oxygen atoms in total. The monoisotopic (exact) mass is 561 g/mol. The third-order valence-electron chi connectivity index (χ3n) is 6.19. The molecule has 0 heterocycles. The average molecular weight is 561 g/mol. The van der Waals surface area contributed by atoms with Gasteiger partial charge in [-0.1, -0.05) is 0 Å². The minimum absolute atomic E-state index is 0.151. The maximum absolute atomic E-state index is 12.9. The van der Waals surface area contributed by atoms with E-state index in [0.29, 0.717) is 0 Å². The van der Waals surface area contributed by atoms with Crippen LogP contribution in [0.1, 0.15) is 87.0 Å². The summed E-state index contributed by atoms with van der Waals surface area (Å²) in [5, 5.41) is 0.